The molecular weight excluding hydrogens is 258 g/mol. The molecule has 0 unspecified atom stereocenters. The van der Waals surface area contributed by atoms with Crippen LogP contribution in [0, 0.1) is 5.92 Å². The van der Waals surface area contributed by atoms with E-state index < -0.39 is 5.97 Å². The fourth-order valence-electron chi connectivity index (χ4n) is 1.89. The summed E-state index contributed by atoms with van der Waals surface area (Å²) in [6.45, 7) is 6.38. The first-order valence-electron chi connectivity index (χ1n) is 6.68. The number of aliphatic carboxylic acids is 1. The molecule has 1 rings (SSSR count). The van der Waals surface area contributed by atoms with Crippen LogP contribution in [0.1, 0.15) is 31.1 Å². The highest BCUT2D eigenvalue weighted by Gasteiger charge is 2.19. The van der Waals surface area contributed by atoms with Crippen molar-refractivity contribution in [2.45, 2.75) is 20.8 Å². The van der Waals surface area contributed by atoms with Crippen molar-refractivity contribution in [3.63, 3.8) is 0 Å². The Morgan fingerprint density at radius 2 is 2.05 bits per heavy atom. The summed E-state index contributed by atoms with van der Waals surface area (Å²) in [5.41, 5.74) is 0.442. The molecule has 0 saturated carbocycles. The molecule has 0 saturated heterocycles. The average Bonchev–Trinajstić information content (AvgIpc) is 2.37. The first-order valence-corrected chi connectivity index (χ1v) is 6.68. The molecule has 1 aromatic carbocycles. The number of carbonyl (C=O) groups is 2. The van der Waals surface area contributed by atoms with Crippen LogP contribution in [0.4, 0.5) is 0 Å². The maximum atomic E-state index is 12.4. The normalized spacial score (nSPS) is 10.4. The number of carbonyl (C=O) groups excluding carboxylic acids is 1. The molecule has 0 atom stereocenters. The second kappa shape index (κ2) is 7.53. The first-order chi connectivity index (χ1) is 9.43. The van der Waals surface area contributed by atoms with Crippen molar-refractivity contribution in [3.05, 3.63) is 29.8 Å². The zero-order chi connectivity index (χ0) is 15.1. The van der Waals surface area contributed by atoms with Gasteiger partial charge in [0, 0.05) is 12.1 Å². The summed E-state index contributed by atoms with van der Waals surface area (Å²) in [6, 6.07) is 6.80. The van der Waals surface area contributed by atoms with Crippen LogP contribution < -0.4 is 4.74 Å². The van der Waals surface area contributed by atoms with Crippen LogP contribution in [-0.4, -0.2) is 41.6 Å². The quantitative estimate of drug-likeness (QED) is 0.831. The monoisotopic (exact) mass is 279 g/mol. The van der Waals surface area contributed by atoms with Crippen LogP contribution in [0.15, 0.2) is 24.3 Å². The standard InChI is InChI=1S/C15H21NO4/c1-4-20-13-7-5-6-12(8-13)15(19)16(9-11(2)3)10-14(17)18/h5-8,11H,4,9-10H2,1-3H3,(H,17,18). The lowest BCUT2D eigenvalue weighted by Gasteiger charge is -2.23. The van der Waals surface area contributed by atoms with Gasteiger partial charge in [0.05, 0.1) is 6.61 Å². The second-order valence-electron chi connectivity index (χ2n) is 4.93. The zero-order valence-electron chi connectivity index (χ0n) is 12.1. The maximum Gasteiger partial charge on any atom is 0.323 e. The number of amides is 1. The number of hydrogen-bond acceptors (Lipinski definition) is 3. The van der Waals surface area contributed by atoms with Crippen molar-refractivity contribution in [1.29, 1.82) is 0 Å². The Bertz CT molecular complexity index is 471. The van der Waals surface area contributed by atoms with Crippen molar-refractivity contribution in [3.8, 4) is 5.75 Å². The number of carboxylic acid groups (broad SMARTS) is 1. The Hall–Kier alpha value is -2.04. The van der Waals surface area contributed by atoms with Crippen LogP contribution in [0.25, 0.3) is 0 Å². The van der Waals surface area contributed by atoms with Gasteiger partial charge in [-0.25, -0.2) is 0 Å². The molecule has 0 radical (unpaired) electrons. The van der Waals surface area contributed by atoms with Crippen LogP contribution >= 0.6 is 0 Å². The van der Waals surface area contributed by atoms with Gasteiger partial charge in [-0.05, 0) is 31.0 Å². The predicted octanol–water partition coefficient (Wildman–Crippen LogP) is 2.27. The third-order valence-corrected chi connectivity index (χ3v) is 2.59. The Balaban J connectivity index is 2.92. The van der Waals surface area contributed by atoms with E-state index in [1.807, 2.05) is 20.8 Å². The molecule has 0 aliphatic carbocycles. The fourth-order valence-corrected chi connectivity index (χ4v) is 1.89. The zero-order valence-corrected chi connectivity index (χ0v) is 12.1. The minimum Gasteiger partial charge on any atom is -0.494 e. The summed E-state index contributed by atoms with van der Waals surface area (Å²) in [4.78, 5) is 24.6. The highest BCUT2D eigenvalue weighted by Crippen LogP contribution is 2.15. The van der Waals surface area contributed by atoms with Crippen LogP contribution in [0.5, 0.6) is 5.75 Å². The van der Waals surface area contributed by atoms with E-state index in [4.69, 9.17) is 9.84 Å². The van der Waals surface area contributed by atoms with Gasteiger partial charge in [0.1, 0.15) is 12.3 Å². The molecule has 0 aromatic heterocycles. The van der Waals surface area contributed by atoms with E-state index in [0.717, 1.165) is 0 Å². The van der Waals surface area contributed by atoms with E-state index in [2.05, 4.69) is 0 Å². The molecule has 1 amide bonds. The van der Waals surface area contributed by atoms with Crippen LogP contribution in [-0.2, 0) is 4.79 Å². The third kappa shape index (κ3) is 4.91. The lowest BCUT2D eigenvalue weighted by Crippen LogP contribution is -2.38. The minimum absolute atomic E-state index is 0.202. The lowest BCUT2D eigenvalue weighted by molar-refractivity contribution is -0.137. The molecule has 0 fully saturated rings. The van der Waals surface area contributed by atoms with Gasteiger partial charge in [-0.2, -0.15) is 0 Å². The molecule has 0 heterocycles. The number of ether oxygens (including phenoxy) is 1. The number of rotatable bonds is 7. The molecule has 1 N–H and O–H groups in total. The molecule has 5 nitrogen and oxygen atoms in total. The number of benzene rings is 1. The summed E-state index contributed by atoms with van der Waals surface area (Å²) in [6.07, 6.45) is 0. The maximum absolute atomic E-state index is 12.4. The smallest absolute Gasteiger partial charge is 0.323 e. The van der Waals surface area contributed by atoms with E-state index in [-0.39, 0.29) is 18.4 Å². The highest BCUT2D eigenvalue weighted by molar-refractivity contribution is 5.96. The van der Waals surface area contributed by atoms with Gasteiger partial charge in [0.2, 0.25) is 0 Å². The number of hydrogen-bond donors (Lipinski definition) is 1. The Kier molecular flexibility index (Phi) is 6.03. The summed E-state index contributed by atoms with van der Waals surface area (Å²) in [5.74, 6) is -0.492. The summed E-state index contributed by atoms with van der Waals surface area (Å²) in [5, 5.41) is 8.91. The molecule has 0 spiro atoms. The topological polar surface area (TPSA) is 66.8 Å². The molecule has 110 valence electrons. The first kappa shape index (κ1) is 16.0. The van der Waals surface area contributed by atoms with E-state index in [1.54, 1.807) is 24.3 Å². The van der Waals surface area contributed by atoms with E-state index in [9.17, 15) is 9.59 Å². The van der Waals surface area contributed by atoms with Gasteiger partial charge in [0.25, 0.3) is 5.91 Å². The van der Waals surface area contributed by atoms with Gasteiger partial charge >= 0.3 is 5.97 Å². The summed E-state index contributed by atoms with van der Waals surface area (Å²) in [7, 11) is 0. The third-order valence-electron chi connectivity index (χ3n) is 2.59. The van der Waals surface area contributed by atoms with Crippen molar-refractivity contribution in [1.82, 2.24) is 4.90 Å². The van der Waals surface area contributed by atoms with E-state index in [1.165, 1.54) is 4.90 Å². The molecular formula is C15H21NO4. The molecule has 5 heteroatoms. The Labute approximate surface area is 119 Å². The number of carboxylic acids is 1. The average molecular weight is 279 g/mol. The summed E-state index contributed by atoms with van der Waals surface area (Å²) >= 11 is 0. The van der Waals surface area contributed by atoms with Gasteiger partial charge in [0.15, 0.2) is 0 Å². The van der Waals surface area contributed by atoms with Crippen molar-refractivity contribution in [2.75, 3.05) is 19.7 Å². The van der Waals surface area contributed by atoms with Crippen molar-refractivity contribution >= 4 is 11.9 Å². The van der Waals surface area contributed by atoms with Crippen LogP contribution in [0.2, 0.25) is 0 Å². The predicted molar refractivity (Wildman–Crippen MR) is 76.0 cm³/mol. The second-order valence-corrected chi connectivity index (χ2v) is 4.93. The SMILES string of the molecule is CCOc1cccc(C(=O)N(CC(=O)O)CC(C)C)c1. The molecule has 0 aliphatic heterocycles. The molecule has 0 bridgehead atoms. The fraction of sp³-hybridized carbons (Fsp3) is 0.467. The van der Waals surface area contributed by atoms with E-state index in [0.29, 0.717) is 24.5 Å². The molecule has 0 aliphatic rings. The number of nitrogens with zero attached hydrogens (tertiary/aromatic N) is 1. The van der Waals surface area contributed by atoms with E-state index >= 15 is 0 Å². The highest BCUT2D eigenvalue weighted by atomic mass is 16.5. The van der Waals surface area contributed by atoms with Gasteiger partial charge < -0.3 is 14.7 Å². The summed E-state index contributed by atoms with van der Waals surface area (Å²) < 4.78 is 5.35. The molecule has 20 heavy (non-hydrogen) atoms. The largest absolute Gasteiger partial charge is 0.494 e. The Morgan fingerprint density at radius 3 is 2.60 bits per heavy atom. The Morgan fingerprint density at radius 1 is 1.35 bits per heavy atom. The minimum atomic E-state index is -1.01. The molecule has 1 aromatic rings. The van der Waals surface area contributed by atoms with Crippen molar-refractivity contribution in [2.24, 2.45) is 5.92 Å². The van der Waals surface area contributed by atoms with Gasteiger partial charge in [-0.1, -0.05) is 19.9 Å². The van der Waals surface area contributed by atoms with Gasteiger partial charge in [-0.3, -0.25) is 9.59 Å². The van der Waals surface area contributed by atoms with Gasteiger partial charge in [-0.15, -0.1) is 0 Å². The van der Waals surface area contributed by atoms with Crippen molar-refractivity contribution < 1.29 is 19.4 Å². The van der Waals surface area contributed by atoms with Crippen LogP contribution in [0.3, 0.4) is 0 Å². The lowest BCUT2D eigenvalue weighted by atomic mass is 10.1.